The molecule has 1 unspecified atom stereocenters. The van der Waals surface area contributed by atoms with Crippen LogP contribution in [0.5, 0.6) is 0 Å². The van der Waals surface area contributed by atoms with Gasteiger partial charge in [-0.1, -0.05) is 47.5 Å². The SMILES string of the molecule is CC.CCCC(C)C1CCN(CC)CC1. The zero-order chi connectivity index (χ0) is 11.7. The van der Waals surface area contributed by atoms with E-state index in [-0.39, 0.29) is 0 Å². The molecule has 1 nitrogen and oxygen atoms in total. The minimum absolute atomic E-state index is 0.962. The minimum Gasteiger partial charge on any atom is -0.304 e. The zero-order valence-electron chi connectivity index (χ0n) is 11.6. The van der Waals surface area contributed by atoms with Crippen molar-refractivity contribution in [2.45, 2.75) is 60.3 Å². The minimum atomic E-state index is 0.962. The van der Waals surface area contributed by atoms with Gasteiger partial charge in [0.2, 0.25) is 0 Å². The summed E-state index contributed by atoms with van der Waals surface area (Å²) in [6.45, 7) is 14.9. The number of piperidine rings is 1. The summed E-state index contributed by atoms with van der Waals surface area (Å²) in [6.07, 6.45) is 5.66. The third-order valence-corrected chi connectivity index (χ3v) is 3.63. The lowest BCUT2D eigenvalue weighted by Gasteiger charge is -2.34. The molecule has 1 aliphatic rings. The summed E-state index contributed by atoms with van der Waals surface area (Å²) in [6, 6.07) is 0. The molecule has 0 radical (unpaired) electrons. The van der Waals surface area contributed by atoms with Crippen molar-refractivity contribution >= 4 is 0 Å². The lowest BCUT2D eigenvalue weighted by atomic mass is 9.83. The molecule has 0 aliphatic carbocycles. The van der Waals surface area contributed by atoms with Crippen molar-refractivity contribution in [2.24, 2.45) is 11.8 Å². The fourth-order valence-electron chi connectivity index (χ4n) is 2.53. The summed E-state index contributed by atoms with van der Waals surface area (Å²) in [5.74, 6) is 1.98. The Morgan fingerprint density at radius 3 is 2.07 bits per heavy atom. The maximum atomic E-state index is 2.58. The van der Waals surface area contributed by atoms with Crippen molar-refractivity contribution in [3.8, 4) is 0 Å². The Balaban J connectivity index is 0.000000921. The van der Waals surface area contributed by atoms with Crippen molar-refractivity contribution in [3.63, 3.8) is 0 Å². The van der Waals surface area contributed by atoms with Crippen molar-refractivity contribution in [3.05, 3.63) is 0 Å². The molecule has 1 aliphatic heterocycles. The lowest BCUT2D eigenvalue weighted by Crippen LogP contribution is -2.35. The summed E-state index contributed by atoms with van der Waals surface area (Å²) in [4.78, 5) is 2.58. The van der Waals surface area contributed by atoms with E-state index >= 15 is 0 Å². The van der Waals surface area contributed by atoms with Crippen LogP contribution >= 0.6 is 0 Å². The Kier molecular flexibility index (Phi) is 9.18. The van der Waals surface area contributed by atoms with Gasteiger partial charge in [-0.3, -0.25) is 0 Å². The third kappa shape index (κ3) is 5.55. The van der Waals surface area contributed by atoms with Crippen LogP contribution in [0, 0.1) is 11.8 Å². The van der Waals surface area contributed by atoms with E-state index in [9.17, 15) is 0 Å². The molecule has 1 heteroatoms. The Hall–Kier alpha value is -0.0400. The van der Waals surface area contributed by atoms with Crippen LogP contribution in [-0.4, -0.2) is 24.5 Å². The lowest BCUT2D eigenvalue weighted by molar-refractivity contribution is 0.154. The summed E-state index contributed by atoms with van der Waals surface area (Å²) < 4.78 is 0. The fourth-order valence-corrected chi connectivity index (χ4v) is 2.53. The second-order valence-corrected chi connectivity index (χ2v) is 4.54. The highest BCUT2D eigenvalue weighted by Crippen LogP contribution is 2.27. The molecule has 92 valence electrons. The monoisotopic (exact) mass is 213 g/mol. The molecule has 1 saturated heterocycles. The topological polar surface area (TPSA) is 3.24 Å². The summed E-state index contributed by atoms with van der Waals surface area (Å²) in [7, 11) is 0. The van der Waals surface area contributed by atoms with Gasteiger partial charge in [-0.15, -0.1) is 0 Å². The van der Waals surface area contributed by atoms with Crippen LogP contribution in [-0.2, 0) is 0 Å². The van der Waals surface area contributed by atoms with Crippen LogP contribution in [0.4, 0.5) is 0 Å². The van der Waals surface area contributed by atoms with E-state index in [4.69, 9.17) is 0 Å². The van der Waals surface area contributed by atoms with Gasteiger partial charge in [-0.2, -0.15) is 0 Å². The number of rotatable bonds is 4. The predicted octanol–water partition coefficient (Wildman–Crippen LogP) is 4.18. The fraction of sp³-hybridized carbons (Fsp3) is 1.00. The molecule has 1 rings (SSSR count). The first kappa shape index (κ1) is 15.0. The van der Waals surface area contributed by atoms with Crippen molar-refractivity contribution < 1.29 is 0 Å². The van der Waals surface area contributed by atoms with Crippen molar-refractivity contribution in [1.82, 2.24) is 4.90 Å². The molecule has 0 spiro atoms. The van der Waals surface area contributed by atoms with Crippen LogP contribution in [0.3, 0.4) is 0 Å². The molecule has 0 saturated carbocycles. The summed E-state index contributed by atoms with van der Waals surface area (Å²) in [5.41, 5.74) is 0. The van der Waals surface area contributed by atoms with Crippen molar-refractivity contribution in [2.75, 3.05) is 19.6 Å². The average Bonchev–Trinajstić information content (AvgIpc) is 2.32. The first-order chi connectivity index (χ1) is 7.27. The van der Waals surface area contributed by atoms with Gasteiger partial charge < -0.3 is 4.90 Å². The first-order valence-electron chi connectivity index (χ1n) is 7.00. The van der Waals surface area contributed by atoms with Gasteiger partial charge in [0.25, 0.3) is 0 Å². The largest absolute Gasteiger partial charge is 0.304 e. The smallest absolute Gasteiger partial charge is 0.00161 e. The molecule has 0 aromatic heterocycles. The maximum Gasteiger partial charge on any atom is -0.00161 e. The maximum absolute atomic E-state index is 2.58. The van der Waals surface area contributed by atoms with E-state index < -0.39 is 0 Å². The number of hydrogen-bond donors (Lipinski definition) is 0. The van der Waals surface area contributed by atoms with Crippen molar-refractivity contribution in [1.29, 1.82) is 0 Å². The molecule has 1 fully saturated rings. The van der Waals surface area contributed by atoms with Gasteiger partial charge in [-0.25, -0.2) is 0 Å². The van der Waals surface area contributed by atoms with Gasteiger partial charge in [0.15, 0.2) is 0 Å². The number of likely N-dealkylation sites (tertiary alicyclic amines) is 1. The van der Waals surface area contributed by atoms with Gasteiger partial charge in [-0.05, 0) is 44.3 Å². The Bertz CT molecular complexity index is 125. The zero-order valence-corrected chi connectivity index (χ0v) is 11.6. The standard InChI is InChI=1S/C12H25N.C2H6/c1-4-6-11(3)12-7-9-13(5-2)10-8-12;1-2/h11-12H,4-10H2,1-3H3;1-2H3. The molecule has 0 aromatic carbocycles. The van der Waals surface area contributed by atoms with E-state index in [1.54, 1.807) is 0 Å². The summed E-state index contributed by atoms with van der Waals surface area (Å²) >= 11 is 0. The van der Waals surface area contributed by atoms with Crippen LogP contribution in [0.15, 0.2) is 0 Å². The van der Waals surface area contributed by atoms with Crippen LogP contribution < -0.4 is 0 Å². The highest BCUT2D eigenvalue weighted by atomic mass is 15.1. The van der Waals surface area contributed by atoms with E-state index in [2.05, 4.69) is 25.7 Å². The average molecular weight is 213 g/mol. The Morgan fingerprint density at radius 1 is 1.13 bits per heavy atom. The van der Waals surface area contributed by atoms with E-state index in [0.717, 1.165) is 11.8 Å². The van der Waals surface area contributed by atoms with Gasteiger partial charge in [0.05, 0.1) is 0 Å². The second-order valence-electron chi connectivity index (χ2n) is 4.54. The van der Waals surface area contributed by atoms with Crippen LogP contribution in [0.25, 0.3) is 0 Å². The molecule has 0 N–H and O–H groups in total. The second kappa shape index (κ2) is 9.21. The van der Waals surface area contributed by atoms with Gasteiger partial charge in [0, 0.05) is 0 Å². The molecular formula is C14H31N. The number of nitrogens with zero attached hydrogens (tertiary/aromatic N) is 1. The third-order valence-electron chi connectivity index (χ3n) is 3.63. The van der Waals surface area contributed by atoms with Crippen LogP contribution in [0.1, 0.15) is 60.3 Å². The molecular weight excluding hydrogens is 182 g/mol. The predicted molar refractivity (Wildman–Crippen MR) is 70.3 cm³/mol. The Labute approximate surface area is 97.2 Å². The molecule has 0 amide bonds. The first-order valence-corrected chi connectivity index (χ1v) is 7.00. The molecule has 1 atom stereocenters. The number of hydrogen-bond acceptors (Lipinski definition) is 1. The Morgan fingerprint density at radius 2 is 1.67 bits per heavy atom. The normalized spacial score (nSPS) is 20.6. The molecule has 0 aromatic rings. The van der Waals surface area contributed by atoms with Gasteiger partial charge in [0.1, 0.15) is 0 Å². The van der Waals surface area contributed by atoms with E-state index in [1.165, 1.54) is 45.3 Å². The quantitative estimate of drug-likeness (QED) is 0.677. The highest BCUT2D eigenvalue weighted by molar-refractivity contribution is 4.75. The summed E-state index contributed by atoms with van der Waals surface area (Å²) in [5, 5.41) is 0. The van der Waals surface area contributed by atoms with E-state index in [1.807, 2.05) is 13.8 Å². The molecule has 0 bridgehead atoms. The van der Waals surface area contributed by atoms with Crippen LogP contribution in [0.2, 0.25) is 0 Å². The highest BCUT2D eigenvalue weighted by Gasteiger charge is 2.22. The van der Waals surface area contributed by atoms with Gasteiger partial charge >= 0.3 is 0 Å². The van der Waals surface area contributed by atoms with E-state index in [0.29, 0.717) is 0 Å². The molecule has 15 heavy (non-hydrogen) atoms. The molecule has 1 heterocycles.